The number of anilines is 1. The summed E-state index contributed by atoms with van der Waals surface area (Å²) in [6.07, 6.45) is 1.11. The van der Waals surface area contributed by atoms with Gasteiger partial charge in [-0.2, -0.15) is 0 Å². The summed E-state index contributed by atoms with van der Waals surface area (Å²) >= 11 is 10.3. The van der Waals surface area contributed by atoms with Crippen molar-refractivity contribution in [1.82, 2.24) is 9.80 Å². The zero-order chi connectivity index (χ0) is 21.4. The van der Waals surface area contributed by atoms with Crippen LogP contribution in [0.25, 0.3) is 0 Å². The lowest BCUT2D eigenvalue weighted by molar-refractivity contribution is 0.0773. The van der Waals surface area contributed by atoms with Gasteiger partial charge in [-0.1, -0.05) is 17.7 Å². The minimum Gasteiger partial charge on any atom is -0.385 e. The van der Waals surface area contributed by atoms with Crippen LogP contribution in [0.3, 0.4) is 0 Å². The molecule has 2 aromatic rings. The van der Waals surface area contributed by atoms with E-state index in [0.29, 0.717) is 11.8 Å². The van der Waals surface area contributed by atoms with Crippen molar-refractivity contribution in [2.24, 2.45) is 11.8 Å². The van der Waals surface area contributed by atoms with Gasteiger partial charge >= 0.3 is 0 Å². The van der Waals surface area contributed by atoms with Crippen molar-refractivity contribution in [3.05, 3.63) is 47.7 Å². The number of rotatable bonds is 6. The summed E-state index contributed by atoms with van der Waals surface area (Å²) in [5.41, 5.74) is 3.14. The van der Waals surface area contributed by atoms with E-state index in [0.717, 1.165) is 76.0 Å². The quantitative estimate of drug-likeness (QED) is 0.380. The smallest absolute Gasteiger partial charge is 0.256 e. The number of hydrogen-bond acceptors (Lipinski definition) is 4. The van der Waals surface area contributed by atoms with E-state index in [2.05, 4.69) is 63.7 Å². The molecule has 30 heavy (non-hydrogen) atoms. The van der Waals surface area contributed by atoms with E-state index in [1.165, 1.54) is 4.88 Å². The zero-order valence-electron chi connectivity index (χ0n) is 17.8. The summed E-state index contributed by atoms with van der Waals surface area (Å²) in [7, 11) is 0. The van der Waals surface area contributed by atoms with Gasteiger partial charge in [-0.05, 0) is 85.9 Å². The van der Waals surface area contributed by atoms with Crippen molar-refractivity contribution < 1.29 is 4.79 Å². The number of fused-ring (bicyclic) bond motifs is 1. The standard InChI is InChI=1S/C23H29ClIN3OS/c1-14-5-6-19(9-20(14)24)26-7-4-8-27-10-17-12-28(13-18(17)11-27)23(29)21-15(2)30-16(3)22(21)25/h5-6,9,17-18,26H,4,7-8,10-13H2,1-3H3. The van der Waals surface area contributed by atoms with E-state index < -0.39 is 0 Å². The summed E-state index contributed by atoms with van der Waals surface area (Å²) in [4.78, 5) is 20.2. The fraction of sp³-hybridized carbons (Fsp3) is 0.522. The van der Waals surface area contributed by atoms with E-state index in [-0.39, 0.29) is 5.91 Å². The average molecular weight is 558 g/mol. The Hall–Kier alpha value is -0.830. The molecule has 4 nitrogen and oxygen atoms in total. The number of likely N-dealkylation sites (tertiary alicyclic amines) is 2. The van der Waals surface area contributed by atoms with Gasteiger partial charge in [0.1, 0.15) is 0 Å². The Kier molecular flexibility index (Phi) is 6.97. The van der Waals surface area contributed by atoms with Crippen LogP contribution in [0.15, 0.2) is 18.2 Å². The second kappa shape index (κ2) is 9.35. The van der Waals surface area contributed by atoms with E-state index in [9.17, 15) is 4.79 Å². The summed E-state index contributed by atoms with van der Waals surface area (Å²) in [6, 6.07) is 6.14. The van der Waals surface area contributed by atoms with Crippen molar-refractivity contribution in [3.8, 4) is 0 Å². The van der Waals surface area contributed by atoms with Gasteiger partial charge in [0.25, 0.3) is 5.91 Å². The van der Waals surface area contributed by atoms with Gasteiger partial charge in [0.05, 0.1) is 5.56 Å². The number of amides is 1. The third-order valence-corrected chi connectivity index (χ3v) is 9.54. The molecule has 1 N–H and O–H groups in total. The monoisotopic (exact) mass is 557 g/mol. The van der Waals surface area contributed by atoms with Gasteiger partial charge in [0, 0.05) is 56.8 Å². The van der Waals surface area contributed by atoms with Gasteiger partial charge in [0.2, 0.25) is 0 Å². The fourth-order valence-electron chi connectivity index (χ4n) is 4.74. The number of thiophene rings is 1. The highest BCUT2D eigenvalue weighted by atomic mass is 127. The van der Waals surface area contributed by atoms with Crippen LogP contribution in [0.5, 0.6) is 0 Å². The first kappa shape index (κ1) is 22.4. The van der Waals surface area contributed by atoms with Crippen LogP contribution in [-0.4, -0.2) is 55.0 Å². The minimum absolute atomic E-state index is 0.239. The lowest BCUT2D eigenvalue weighted by Gasteiger charge is -2.22. The molecule has 2 saturated heterocycles. The molecule has 2 atom stereocenters. The third-order valence-electron chi connectivity index (χ3n) is 6.40. The molecule has 3 heterocycles. The molecule has 1 aromatic carbocycles. The van der Waals surface area contributed by atoms with Crippen LogP contribution in [0.2, 0.25) is 5.02 Å². The molecule has 4 rings (SSSR count). The van der Waals surface area contributed by atoms with Gasteiger partial charge in [0.15, 0.2) is 0 Å². The largest absolute Gasteiger partial charge is 0.385 e. The topological polar surface area (TPSA) is 35.6 Å². The van der Waals surface area contributed by atoms with Gasteiger partial charge in [-0.25, -0.2) is 0 Å². The zero-order valence-corrected chi connectivity index (χ0v) is 21.5. The first-order chi connectivity index (χ1) is 14.3. The fourth-order valence-corrected chi connectivity index (χ4v) is 7.01. The van der Waals surface area contributed by atoms with Gasteiger partial charge < -0.3 is 15.1 Å². The van der Waals surface area contributed by atoms with E-state index in [4.69, 9.17) is 11.6 Å². The highest BCUT2D eigenvalue weighted by Crippen LogP contribution is 2.35. The maximum atomic E-state index is 13.1. The maximum absolute atomic E-state index is 13.1. The van der Waals surface area contributed by atoms with Crippen molar-refractivity contribution in [2.45, 2.75) is 27.2 Å². The second-order valence-corrected chi connectivity index (χ2v) is 11.6. The van der Waals surface area contributed by atoms with Crippen molar-refractivity contribution in [2.75, 3.05) is 44.6 Å². The number of benzene rings is 1. The molecule has 0 spiro atoms. The molecule has 2 aliphatic rings. The SMILES string of the molecule is Cc1ccc(NCCCN2CC3CN(C(=O)c4c(C)sc(C)c4I)CC3C2)cc1Cl. The predicted molar refractivity (Wildman–Crippen MR) is 135 cm³/mol. The molecular formula is C23H29ClIN3OS. The Balaban J connectivity index is 1.23. The number of hydrogen-bond donors (Lipinski definition) is 1. The Morgan fingerprint density at radius 1 is 1.17 bits per heavy atom. The maximum Gasteiger partial charge on any atom is 0.256 e. The minimum atomic E-state index is 0.239. The number of nitrogens with one attached hydrogen (secondary N) is 1. The molecule has 0 bridgehead atoms. The van der Waals surface area contributed by atoms with Crippen molar-refractivity contribution in [3.63, 3.8) is 0 Å². The lowest BCUT2D eigenvalue weighted by atomic mass is 10.0. The first-order valence-electron chi connectivity index (χ1n) is 10.6. The molecule has 0 saturated carbocycles. The molecule has 0 aliphatic carbocycles. The Morgan fingerprint density at radius 2 is 1.87 bits per heavy atom. The van der Waals surface area contributed by atoms with Crippen LogP contribution in [0, 0.1) is 36.2 Å². The third kappa shape index (κ3) is 4.66. The molecular weight excluding hydrogens is 529 g/mol. The molecule has 2 unspecified atom stereocenters. The lowest BCUT2D eigenvalue weighted by Crippen LogP contribution is -2.34. The predicted octanol–water partition coefficient (Wildman–Crippen LogP) is 5.44. The van der Waals surface area contributed by atoms with Crippen molar-refractivity contribution in [1.29, 1.82) is 0 Å². The van der Waals surface area contributed by atoms with E-state index in [1.54, 1.807) is 11.3 Å². The second-order valence-electron chi connectivity index (χ2n) is 8.64. The number of carbonyl (C=O) groups excluding carboxylic acids is 1. The normalized spacial score (nSPS) is 21.3. The number of aryl methyl sites for hydroxylation is 3. The van der Waals surface area contributed by atoms with Crippen LogP contribution >= 0.6 is 45.5 Å². The number of carbonyl (C=O) groups is 1. The molecule has 1 aromatic heterocycles. The van der Waals surface area contributed by atoms with Crippen LogP contribution < -0.4 is 5.32 Å². The van der Waals surface area contributed by atoms with Crippen LogP contribution in [0.1, 0.15) is 32.1 Å². The number of halogens is 2. The summed E-state index contributed by atoms with van der Waals surface area (Å²) in [5.74, 6) is 1.48. The van der Waals surface area contributed by atoms with Crippen LogP contribution in [-0.2, 0) is 0 Å². The molecule has 162 valence electrons. The molecule has 0 radical (unpaired) electrons. The van der Waals surface area contributed by atoms with Gasteiger partial charge in [-0.3, -0.25) is 4.79 Å². The van der Waals surface area contributed by atoms with Crippen molar-refractivity contribution >= 4 is 57.1 Å². The molecule has 7 heteroatoms. The Bertz CT molecular complexity index is 933. The van der Waals surface area contributed by atoms with Crippen LogP contribution in [0.4, 0.5) is 5.69 Å². The summed E-state index contributed by atoms with van der Waals surface area (Å²) in [5, 5.41) is 4.29. The van der Waals surface area contributed by atoms with E-state index >= 15 is 0 Å². The molecule has 1 amide bonds. The Labute approximate surface area is 202 Å². The summed E-state index contributed by atoms with van der Waals surface area (Å²) < 4.78 is 1.14. The average Bonchev–Trinajstić information content (AvgIpc) is 3.33. The van der Waals surface area contributed by atoms with E-state index in [1.807, 2.05) is 13.0 Å². The highest BCUT2D eigenvalue weighted by Gasteiger charge is 2.42. The Morgan fingerprint density at radius 3 is 2.47 bits per heavy atom. The molecule has 2 fully saturated rings. The highest BCUT2D eigenvalue weighted by molar-refractivity contribution is 14.1. The van der Waals surface area contributed by atoms with Gasteiger partial charge in [-0.15, -0.1) is 11.3 Å². The molecule has 2 aliphatic heterocycles. The first-order valence-corrected chi connectivity index (χ1v) is 12.9. The summed E-state index contributed by atoms with van der Waals surface area (Å²) in [6.45, 7) is 12.3. The number of nitrogens with zero attached hydrogens (tertiary/aromatic N) is 2.